The lowest BCUT2D eigenvalue weighted by Crippen LogP contribution is -2.53. The average molecular weight is 770 g/mol. The van der Waals surface area contributed by atoms with Crippen LogP contribution in [0.15, 0.2) is 41.4 Å². The summed E-state index contributed by atoms with van der Waals surface area (Å²) in [6.45, 7) is 12.4. The van der Waals surface area contributed by atoms with Gasteiger partial charge in [0.1, 0.15) is 17.9 Å². The first-order valence-corrected chi connectivity index (χ1v) is 20.0. The van der Waals surface area contributed by atoms with Crippen molar-refractivity contribution in [3.63, 3.8) is 0 Å². The topological polar surface area (TPSA) is 165 Å². The van der Waals surface area contributed by atoms with Crippen LogP contribution in [0.4, 0.5) is 26.7 Å². The number of aromatic amines is 1. The van der Waals surface area contributed by atoms with Crippen LogP contribution in [0.25, 0.3) is 11.0 Å². The molecule has 4 atom stereocenters. The molecule has 3 aromatic rings. The molecule has 3 saturated heterocycles. The molecule has 3 fully saturated rings. The van der Waals surface area contributed by atoms with Crippen LogP contribution in [0.2, 0.25) is 0 Å². The van der Waals surface area contributed by atoms with E-state index in [1.54, 1.807) is 0 Å². The predicted octanol–water partition coefficient (Wildman–Crippen LogP) is 4.93. The number of ether oxygens (including phenoxy) is 2. The minimum atomic E-state index is -0.678. The van der Waals surface area contributed by atoms with Gasteiger partial charge in [-0.25, -0.2) is 14.6 Å². The predicted molar refractivity (Wildman–Crippen MR) is 215 cm³/mol. The molecule has 4 aliphatic rings. The van der Waals surface area contributed by atoms with Gasteiger partial charge < -0.3 is 44.7 Å². The molecule has 15 heteroatoms. The van der Waals surface area contributed by atoms with Gasteiger partial charge in [-0.2, -0.15) is 0 Å². The highest BCUT2D eigenvalue weighted by atomic mass is 16.5. The number of methoxy groups -OCH3 is 2. The second-order valence-electron chi connectivity index (χ2n) is 16.0. The molecule has 3 N–H and O–H groups in total. The number of fused-ring (bicyclic) bond motifs is 2. The van der Waals surface area contributed by atoms with Crippen LogP contribution in [-0.2, 0) is 25.5 Å². The molecule has 0 aliphatic carbocycles. The number of piperazine rings is 1. The molecule has 1 aromatic heterocycles. The van der Waals surface area contributed by atoms with Gasteiger partial charge >= 0.3 is 12.2 Å². The number of amides is 4. The lowest BCUT2D eigenvalue weighted by Gasteiger charge is -2.37. The van der Waals surface area contributed by atoms with Crippen LogP contribution in [-0.4, -0.2) is 121 Å². The van der Waals surface area contributed by atoms with E-state index in [1.807, 2.05) is 43.6 Å². The first-order valence-electron chi connectivity index (χ1n) is 20.0. The maximum absolute atomic E-state index is 13.7. The second-order valence-corrected chi connectivity index (χ2v) is 16.0. The fourth-order valence-corrected chi connectivity index (χ4v) is 8.64. The number of anilines is 2. The number of hydrogen-bond donors (Lipinski definition) is 3. The summed E-state index contributed by atoms with van der Waals surface area (Å²) in [6.07, 6.45) is 2.90. The molecular formula is C41H55N9O6. The Bertz CT molecular complexity index is 1990. The molecular weight excluding hydrogens is 715 g/mol. The number of imidazole rings is 1. The van der Waals surface area contributed by atoms with Crippen molar-refractivity contribution in [2.75, 3.05) is 63.3 Å². The quantitative estimate of drug-likeness (QED) is 0.259. The monoisotopic (exact) mass is 769 g/mol. The Hall–Kier alpha value is -5.34. The van der Waals surface area contributed by atoms with Gasteiger partial charge in [0.15, 0.2) is 0 Å². The molecule has 2 aromatic carbocycles. The Morgan fingerprint density at radius 2 is 1.27 bits per heavy atom. The van der Waals surface area contributed by atoms with Crippen molar-refractivity contribution >= 4 is 57.8 Å². The standard InChI is InChI=1S/C41H55N9O6/c1-24(2)35(45-40(53)55-5)38(51)49-15-7-9-33(49)32-22-26-21-27(11-13-29(26)42-32)47-17-19-48(20-18-47)28-12-14-30-31(23-28)44-37(43-30)34-10-8-16-50(34)39(52)36(25(3)4)46-41(54)56-6/h11-14,21,23-25,33-36H,7-10,15-20,22H2,1-6H3,(H,43,44)(H,45,53)(H,46,54)/t33-,34?,35-,36-/m0/s1. The van der Waals surface area contributed by atoms with E-state index in [2.05, 4.69) is 55.7 Å². The van der Waals surface area contributed by atoms with Crippen LogP contribution in [0.5, 0.6) is 0 Å². The number of aliphatic imine (C=N–C) groups is 1. The second kappa shape index (κ2) is 16.4. The Morgan fingerprint density at radius 1 is 0.732 bits per heavy atom. The summed E-state index contributed by atoms with van der Waals surface area (Å²) in [5.74, 6) is 0.377. The number of aromatic nitrogens is 2. The SMILES string of the molecule is COC(=O)N[C@H](C(=O)N1CCCC1c1nc2ccc(N3CCN(c4ccc5c(c4)CC([C@@H]4CCCN4C(=O)[C@@H](NC(=O)OC)C(C)C)=N5)CC3)cc2[nH]1)C(C)C. The van der Waals surface area contributed by atoms with Crippen LogP contribution >= 0.6 is 0 Å². The van der Waals surface area contributed by atoms with Gasteiger partial charge in [0.05, 0.1) is 43.0 Å². The zero-order chi connectivity index (χ0) is 39.7. The van der Waals surface area contributed by atoms with E-state index >= 15 is 0 Å². The number of carbonyl (C=O) groups excluding carboxylic acids is 4. The van der Waals surface area contributed by atoms with E-state index in [0.29, 0.717) is 19.5 Å². The van der Waals surface area contributed by atoms with Crippen LogP contribution < -0.4 is 20.4 Å². The number of rotatable bonds is 10. The van der Waals surface area contributed by atoms with Crippen LogP contribution in [0.1, 0.15) is 70.8 Å². The zero-order valence-electron chi connectivity index (χ0n) is 33.3. The number of nitrogens with one attached hydrogen (secondary N) is 3. The molecule has 0 spiro atoms. The van der Waals surface area contributed by atoms with Crippen molar-refractivity contribution in [3.8, 4) is 0 Å². The number of hydrogen-bond acceptors (Lipinski definition) is 10. The van der Waals surface area contributed by atoms with Crippen molar-refractivity contribution in [1.29, 1.82) is 0 Å². The van der Waals surface area contributed by atoms with Crippen LogP contribution in [0.3, 0.4) is 0 Å². The summed E-state index contributed by atoms with van der Waals surface area (Å²) in [7, 11) is 2.61. The Balaban J connectivity index is 0.971. The van der Waals surface area contributed by atoms with E-state index in [-0.39, 0.29) is 35.7 Å². The molecule has 1 unspecified atom stereocenters. The fourth-order valence-electron chi connectivity index (χ4n) is 8.64. The van der Waals surface area contributed by atoms with Gasteiger partial charge in [0.2, 0.25) is 11.8 Å². The maximum atomic E-state index is 13.7. The van der Waals surface area contributed by atoms with E-state index in [9.17, 15) is 19.2 Å². The smallest absolute Gasteiger partial charge is 0.407 e. The Kier molecular flexibility index (Phi) is 11.4. The summed E-state index contributed by atoms with van der Waals surface area (Å²) in [5, 5.41) is 5.45. The molecule has 5 heterocycles. The number of likely N-dealkylation sites (tertiary alicyclic amines) is 2. The molecule has 4 aliphatic heterocycles. The Morgan fingerprint density at radius 3 is 1.84 bits per heavy atom. The third kappa shape index (κ3) is 7.85. The highest BCUT2D eigenvalue weighted by molar-refractivity contribution is 6.01. The number of nitrogens with zero attached hydrogens (tertiary/aromatic N) is 6. The minimum absolute atomic E-state index is 0.0794. The summed E-state index contributed by atoms with van der Waals surface area (Å²) in [5.41, 5.74) is 7.24. The van der Waals surface area contributed by atoms with E-state index in [4.69, 9.17) is 19.5 Å². The van der Waals surface area contributed by atoms with Gasteiger partial charge in [0.25, 0.3) is 0 Å². The van der Waals surface area contributed by atoms with Crippen molar-refractivity contribution in [2.45, 2.75) is 84.0 Å². The third-order valence-corrected chi connectivity index (χ3v) is 11.7. The summed E-state index contributed by atoms with van der Waals surface area (Å²) < 4.78 is 9.57. The van der Waals surface area contributed by atoms with Crippen LogP contribution in [0, 0.1) is 11.8 Å². The summed E-state index contributed by atoms with van der Waals surface area (Å²) in [4.78, 5) is 73.3. The van der Waals surface area contributed by atoms with Crippen molar-refractivity contribution in [1.82, 2.24) is 30.4 Å². The molecule has 4 amide bonds. The minimum Gasteiger partial charge on any atom is -0.453 e. The van der Waals surface area contributed by atoms with Crippen molar-refractivity contribution in [2.24, 2.45) is 16.8 Å². The first-order chi connectivity index (χ1) is 26.9. The molecule has 7 rings (SSSR count). The van der Waals surface area contributed by atoms with E-state index < -0.39 is 24.3 Å². The van der Waals surface area contributed by atoms with Crippen molar-refractivity contribution < 1.29 is 28.7 Å². The molecule has 0 bridgehead atoms. The van der Waals surface area contributed by atoms with Gasteiger partial charge in [-0.15, -0.1) is 0 Å². The summed E-state index contributed by atoms with van der Waals surface area (Å²) >= 11 is 0. The highest BCUT2D eigenvalue weighted by Gasteiger charge is 2.40. The molecule has 56 heavy (non-hydrogen) atoms. The normalized spacial score (nSPS) is 20.7. The lowest BCUT2D eigenvalue weighted by atomic mass is 10.00. The van der Waals surface area contributed by atoms with E-state index in [1.165, 1.54) is 25.5 Å². The number of carbonyl (C=O) groups is 4. The molecule has 300 valence electrons. The number of H-pyrrole nitrogens is 1. The van der Waals surface area contributed by atoms with Gasteiger partial charge in [-0.05, 0) is 79.5 Å². The van der Waals surface area contributed by atoms with Gasteiger partial charge in [-0.3, -0.25) is 14.6 Å². The van der Waals surface area contributed by atoms with Gasteiger partial charge in [0, 0.05) is 62.8 Å². The Labute approximate surface area is 328 Å². The number of benzene rings is 2. The highest BCUT2D eigenvalue weighted by Crippen LogP contribution is 2.36. The lowest BCUT2D eigenvalue weighted by molar-refractivity contribution is -0.135. The molecule has 15 nitrogen and oxygen atoms in total. The first kappa shape index (κ1) is 38.9. The molecule has 0 radical (unpaired) electrons. The zero-order valence-corrected chi connectivity index (χ0v) is 33.3. The molecule has 0 saturated carbocycles. The van der Waals surface area contributed by atoms with Gasteiger partial charge in [-0.1, -0.05) is 27.7 Å². The largest absolute Gasteiger partial charge is 0.453 e. The van der Waals surface area contributed by atoms with E-state index in [0.717, 1.165) is 85.8 Å². The van der Waals surface area contributed by atoms with Crippen molar-refractivity contribution in [3.05, 3.63) is 47.8 Å². The summed E-state index contributed by atoms with van der Waals surface area (Å²) in [6, 6.07) is 11.2. The maximum Gasteiger partial charge on any atom is 0.407 e. The third-order valence-electron chi connectivity index (χ3n) is 11.7. The average Bonchev–Trinajstić information content (AvgIpc) is 4.03. The number of alkyl carbamates (subject to hydrolysis) is 2. The fraction of sp³-hybridized carbons (Fsp3) is 0.561.